The second-order valence-corrected chi connectivity index (χ2v) is 4.21. The number of nitriles is 1. The molecule has 0 unspecified atom stereocenters. The van der Waals surface area contributed by atoms with Gasteiger partial charge in [0.15, 0.2) is 0 Å². The largest absolute Gasteiger partial charge is 0.573 e. The van der Waals surface area contributed by atoms with Crippen molar-refractivity contribution < 1.29 is 26.7 Å². The third-order valence-corrected chi connectivity index (χ3v) is 2.61. The number of aromatic nitrogens is 2. The number of ether oxygens (including phenoxy) is 1. The normalized spacial score (nSPS) is 11.5. The highest BCUT2D eigenvalue weighted by Crippen LogP contribution is 2.34. The van der Waals surface area contributed by atoms with Crippen molar-refractivity contribution in [1.82, 2.24) is 9.78 Å². The Balaban J connectivity index is 2.41. The Labute approximate surface area is 121 Å². The minimum absolute atomic E-state index is 0.00292. The summed E-state index contributed by atoms with van der Waals surface area (Å²) in [6.45, 7) is -0.675. The third-order valence-electron chi connectivity index (χ3n) is 2.61. The Morgan fingerprint density at radius 1 is 1.32 bits per heavy atom. The van der Waals surface area contributed by atoms with E-state index in [2.05, 4.69) is 9.84 Å². The predicted molar refractivity (Wildman–Crippen MR) is 65.1 cm³/mol. The van der Waals surface area contributed by atoms with Crippen molar-refractivity contribution in [3.63, 3.8) is 0 Å². The van der Waals surface area contributed by atoms with Gasteiger partial charge in [0.05, 0.1) is 17.8 Å². The molecule has 1 aromatic carbocycles. The maximum atomic E-state index is 12.4. The minimum Gasteiger partial charge on any atom is -0.405 e. The summed E-state index contributed by atoms with van der Waals surface area (Å²) in [7, 11) is 0. The summed E-state index contributed by atoms with van der Waals surface area (Å²) in [6, 6.07) is 5.15. The van der Waals surface area contributed by atoms with Gasteiger partial charge in [-0.3, -0.25) is 4.68 Å². The molecule has 0 aliphatic carbocycles. The molecule has 0 N–H and O–H groups in total. The number of nitrogens with zero attached hydrogens (tertiary/aromatic N) is 3. The predicted octanol–water partition coefficient (Wildman–Crippen LogP) is 3.59. The van der Waals surface area contributed by atoms with Crippen LogP contribution < -0.4 is 4.74 Å². The van der Waals surface area contributed by atoms with Crippen molar-refractivity contribution in [3.8, 4) is 22.9 Å². The minimum atomic E-state index is -4.94. The topological polar surface area (TPSA) is 50.8 Å². The van der Waals surface area contributed by atoms with Gasteiger partial charge < -0.3 is 4.74 Å². The Morgan fingerprint density at radius 3 is 2.64 bits per heavy atom. The molecule has 0 bridgehead atoms. The highest BCUT2D eigenvalue weighted by Gasteiger charge is 2.32. The molecule has 9 heteroatoms. The van der Waals surface area contributed by atoms with Crippen molar-refractivity contribution in [1.29, 1.82) is 5.26 Å². The lowest BCUT2D eigenvalue weighted by atomic mass is 10.1. The molecule has 0 aliphatic rings. The van der Waals surface area contributed by atoms with Crippen LogP contribution in [-0.4, -0.2) is 22.6 Å². The maximum absolute atomic E-state index is 12.4. The first-order chi connectivity index (χ1) is 10.3. The number of rotatable bonds is 4. The first-order valence-electron chi connectivity index (χ1n) is 5.89. The second kappa shape index (κ2) is 6.01. The van der Waals surface area contributed by atoms with Crippen molar-refractivity contribution in [2.24, 2.45) is 0 Å². The fourth-order valence-corrected chi connectivity index (χ4v) is 1.78. The van der Waals surface area contributed by atoms with Crippen molar-refractivity contribution in [3.05, 3.63) is 36.2 Å². The van der Waals surface area contributed by atoms with Gasteiger partial charge in [0, 0.05) is 17.3 Å². The summed E-state index contributed by atoms with van der Waals surface area (Å²) in [6.07, 6.45) is -5.26. The van der Waals surface area contributed by atoms with E-state index >= 15 is 0 Å². The lowest BCUT2D eigenvalue weighted by molar-refractivity contribution is -0.274. The van der Waals surface area contributed by atoms with Crippen LogP contribution in [0.2, 0.25) is 0 Å². The molecule has 0 fully saturated rings. The first kappa shape index (κ1) is 15.8. The molecule has 0 radical (unpaired) electrons. The van der Waals surface area contributed by atoms with Gasteiger partial charge in [-0.2, -0.15) is 10.4 Å². The first-order valence-corrected chi connectivity index (χ1v) is 5.89. The van der Waals surface area contributed by atoms with Gasteiger partial charge in [0.25, 0.3) is 6.43 Å². The van der Waals surface area contributed by atoms with Gasteiger partial charge in [0.1, 0.15) is 12.3 Å². The zero-order chi connectivity index (χ0) is 16.3. The summed E-state index contributed by atoms with van der Waals surface area (Å²) in [4.78, 5) is 0. The van der Waals surface area contributed by atoms with Crippen LogP contribution in [-0.2, 0) is 6.54 Å². The summed E-state index contributed by atoms with van der Waals surface area (Å²) in [5.41, 5.74) is 0.143. The van der Waals surface area contributed by atoms with Crippen LogP contribution in [0.15, 0.2) is 30.6 Å². The Hall–Kier alpha value is -2.63. The average molecular weight is 317 g/mol. The number of hydrogen-bond acceptors (Lipinski definition) is 3. The summed E-state index contributed by atoms with van der Waals surface area (Å²) in [5.74, 6) is -0.594. The monoisotopic (exact) mass is 317 g/mol. The number of halogens is 5. The van der Waals surface area contributed by atoms with Crippen molar-refractivity contribution in [2.75, 3.05) is 0 Å². The molecule has 0 atom stereocenters. The average Bonchev–Trinajstić information content (AvgIpc) is 2.84. The van der Waals surface area contributed by atoms with Crippen LogP contribution in [0.25, 0.3) is 11.1 Å². The number of hydrogen-bond donors (Lipinski definition) is 0. The van der Waals surface area contributed by atoms with Gasteiger partial charge in [-0.25, -0.2) is 8.78 Å². The van der Waals surface area contributed by atoms with Gasteiger partial charge in [-0.1, -0.05) is 0 Å². The second-order valence-electron chi connectivity index (χ2n) is 4.21. The highest BCUT2D eigenvalue weighted by molar-refractivity contribution is 5.70. The molecule has 2 aromatic rings. The molecule has 0 saturated carbocycles. The van der Waals surface area contributed by atoms with Crippen LogP contribution >= 0.6 is 0 Å². The highest BCUT2D eigenvalue weighted by atomic mass is 19.4. The lowest BCUT2D eigenvalue weighted by Crippen LogP contribution is -2.17. The molecule has 2 rings (SSSR count). The molecule has 1 heterocycles. The summed E-state index contributed by atoms with van der Waals surface area (Å²) < 4.78 is 66.6. The molecule has 4 nitrogen and oxygen atoms in total. The van der Waals surface area contributed by atoms with Crippen molar-refractivity contribution in [2.45, 2.75) is 19.3 Å². The van der Waals surface area contributed by atoms with Gasteiger partial charge >= 0.3 is 6.36 Å². The lowest BCUT2D eigenvalue weighted by Gasteiger charge is -2.12. The van der Waals surface area contributed by atoms with E-state index < -0.39 is 25.1 Å². The van der Waals surface area contributed by atoms with E-state index in [4.69, 9.17) is 5.26 Å². The molecule has 116 valence electrons. The number of alkyl halides is 5. The fraction of sp³-hybridized carbons (Fsp3) is 0.231. The van der Waals surface area contributed by atoms with E-state index in [0.29, 0.717) is 0 Å². The van der Waals surface area contributed by atoms with E-state index in [1.807, 2.05) is 0 Å². The fourth-order valence-electron chi connectivity index (χ4n) is 1.78. The van der Waals surface area contributed by atoms with Gasteiger partial charge in [0.2, 0.25) is 0 Å². The molecule has 0 saturated heterocycles. The molecule has 22 heavy (non-hydrogen) atoms. The molecule has 0 spiro atoms. The quantitative estimate of drug-likeness (QED) is 0.810. The summed E-state index contributed by atoms with van der Waals surface area (Å²) >= 11 is 0. The Morgan fingerprint density at radius 2 is 2.05 bits per heavy atom. The van der Waals surface area contributed by atoms with Gasteiger partial charge in [-0.05, 0) is 18.2 Å². The third kappa shape index (κ3) is 3.94. The Bertz CT molecular complexity index is 702. The zero-order valence-corrected chi connectivity index (χ0v) is 10.8. The molecular weight excluding hydrogens is 309 g/mol. The smallest absolute Gasteiger partial charge is 0.405 e. The van der Waals surface area contributed by atoms with Crippen LogP contribution in [0.1, 0.15) is 5.56 Å². The van der Waals surface area contributed by atoms with Crippen LogP contribution in [0.5, 0.6) is 5.75 Å². The molecular formula is C13H8F5N3O. The molecule has 0 aliphatic heterocycles. The molecule has 1 aromatic heterocycles. The van der Waals surface area contributed by atoms with E-state index in [9.17, 15) is 22.0 Å². The number of benzene rings is 1. The van der Waals surface area contributed by atoms with E-state index in [0.717, 1.165) is 16.9 Å². The standard InChI is InChI=1S/C13H8F5N3O/c14-12(15)7-21-6-9(5-20-21)10-2-1-8(4-19)3-11(10)22-13(16,17)18/h1-3,5-6,12H,7H2. The van der Waals surface area contributed by atoms with Crippen LogP contribution in [0.3, 0.4) is 0 Å². The van der Waals surface area contributed by atoms with E-state index in [1.54, 1.807) is 6.07 Å². The van der Waals surface area contributed by atoms with E-state index in [-0.39, 0.29) is 16.7 Å². The van der Waals surface area contributed by atoms with E-state index in [1.165, 1.54) is 18.3 Å². The maximum Gasteiger partial charge on any atom is 0.573 e. The zero-order valence-electron chi connectivity index (χ0n) is 10.8. The summed E-state index contributed by atoms with van der Waals surface area (Å²) in [5, 5.41) is 12.4. The van der Waals surface area contributed by atoms with Gasteiger partial charge in [-0.15, -0.1) is 13.2 Å². The van der Waals surface area contributed by atoms with Crippen molar-refractivity contribution >= 4 is 0 Å². The SMILES string of the molecule is N#Cc1ccc(-c2cnn(CC(F)F)c2)c(OC(F)(F)F)c1. The van der Waals surface area contributed by atoms with Crippen LogP contribution in [0, 0.1) is 11.3 Å². The van der Waals surface area contributed by atoms with Crippen LogP contribution in [0.4, 0.5) is 22.0 Å². The molecule has 0 amide bonds. The Kier molecular flexibility index (Phi) is 4.30.